The van der Waals surface area contributed by atoms with E-state index in [2.05, 4.69) is 20.3 Å². The van der Waals surface area contributed by atoms with Crippen LogP contribution in [0.2, 0.25) is 0 Å². The number of nitrogens with zero attached hydrogens (tertiary/aromatic N) is 2. The quantitative estimate of drug-likeness (QED) is 0.561. The van der Waals surface area contributed by atoms with E-state index >= 15 is 0 Å². The minimum Gasteiger partial charge on any atom is -0.408 e. The fourth-order valence-corrected chi connectivity index (χ4v) is 2.70. The first-order valence-electron chi connectivity index (χ1n) is 8.22. The van der Waals surface area contributed by atoms with Gasteiger partial charge in [-0.25, -0.2) is 23.5 Å². The molecule has 2 N–H and O–H groups in total. The lowest BCUT2D eigenvalue weighted by atomic mass is 10.1. The third kappa shape index (κ3) is 3.84. The summed E-state index contributed by atoms with van der Waals surface area (Å²) in [5.74, 6) is -1.13. The number of aromatic nitrogens is 3. The Kier molecular flexibility index (Phi) is 4.37. The van der Waals surface area contributed by atoms with Crippen LogP contribution in [0, 0.1) is 11.6 Å². The number of benzene rings is 2. The second kappa shape index (κ2) is 6.99. The molecule has 27 heavy (non-hydrogen) atoms. The Hall–Kier alpha value is -3.55. The van der Waals surface area contributed by atoms with E-state index in [9.17, 15) is 13.6 Å². The van der Waals surface area contributed by atoms with Gasteiger partial charge < -0.3 is 9.73 Å². The van der Waals surface area contributed by atoms with Gasteiger partial charge in [0.25, 0.3) is 0 Å². The monoisotopic (exact) mass is 368 g/mol. The number of hydrogen-bond acceptors (Lipinski definition) is 5. The number of halogens is 2. The maximum atomic E-state index is 14.0. The van der Waals surface area contributed by atoms with Crippen molar-refractivity contribution in [1.82, 2.24) is 15.0 Å². The topological polar surface area (TPSA) is 83.8 Å². The summed E-state index contributed by atoms with van der Waals surface area (Å²) in [5.41, 5.74) is 2.71. The van der Waals surface area contributed by atoms with E-state index in [1.807, 2.05) is 0 Å². The standard InChI is InChI=1S/C19H14F2N4O2/c20-12-4-1-11(2-5-12)3-7-15-14(21)10-22-18(24-15)23-13-6-8-16-17(9-13)27-19(26)25-16/h1-2,4-6,8-10H,3,7H2,(H,25,26)(H,22,23,24). The molecule has 0 radical (unpaired) electrons. The second-order valence-corrected chi connectivity index (χ2v) is 5.97. The van der Waals surface area contributed by atoms with Gasteiger partial charge in [0.15, 0.2) is 11.4 Å². The molecule has 6 nitrogen and oxygen atoms in total. The number of H-pyrrole nitrogens is 1. The first kappa shape index (κ1) is 16.9. The highest BCUT2D eigenvalue weighted by molar-refractivity contribution is 5.77. The first-order chi connectivity index (χ1) is 13.1. The lowest BCUT2D eigenvalue weighted by molar-refractivity contribution is 0.555. The molecule has 0 spiro atoms. The van der Waals surface area contributed by atoms with Crippen LogP contribution in [-0.2, 0) is 12.8 Å². The number of aryl methyl sites for hydroxylation is 2. The van der Waals surface area contributed by atoms with Crippen molar-refractivity contribution in [2.45, 2.75) is 12.8 Å². The van der Waals surface area contributed by atoms with E-state index in [4.69, 9.17) is 4.42 Å². The molecule has 2 aromatic heterocycles. The zero-order valence-corrected chi connectivity index (χ0v) is 14.0. The van der Waals surface area contributed by atoms with Crippen molar-refractivity contribution in [2.75, 3.05) is 5.32 Å². The van der Waals surface area contributed by atoms with Gasteiger partial charge in [-0.2, -0.15) is 0 Å². The third-order valence-corrected chi connectivity index (χ3v) is 4.06. The molecule has 0 atom stereocenters. The van der Waals surface area contributed by atoms with Crippen molar-refractivity contribution in [1.29, 1.82) is 0 Å². The molecule has 0 amide bonds. The summed E-state index contributed by atoms with van der Waals surface area (Å²) in [6.07, 6.45) is 1.97. The zero-order chi connectivity index (χ0) is 18.8. The number of oxazole rings is 1. The van der Waals surface area contributed by atoms with Gasteiger partial charge in [-0.15, -0.1) is 0 Å². The predicted molar refractivity (Wildman–Crippen MR) is 95.9 cm³/mol. The fraction of sp³-hybridized carbons (Fsp3) is 0.105. The molecule has 0 bridgehead atoms. The second-order valence-electron chi connectivity index (χ2n) is 5.97. The summed E-state index contributed by atoms with van der Waals surface area (Å²) in [7, 11) is 0. The molecular weight excluding hydrogens is 354 g/mol. The predicted octanol–water partition coefficient (Wildman–Crippen LogP) is 3.72. The molecule has 2 aromatic carbocycles. The zero-order valence-electron chi connectivity index (χ0n) is 14.0. The Bertz CT molecular complexity index is 1150. The smallest absolute Gasteiger partial charge is 0.408 e. The maximum Gasteiger partial charge on any atom is 0.417 e. The van der Waals surface area contributed by atoms with E-state index in [0.29, 0.717) is 29.6 Å². The van der Waals surface area contributed by atoms with Gasteiger partial charge in [0.2, 0.25) is 5.95 Å². The molecule has 4 rings (SSSR count). The van der Waals surface area contributed by atoms with E-state index in [-0.39, 0.29) is 17.5 Å². The summed E-state index contributed by atoms with van der Waals surface area (Å²) in [4.78, 5) is 21.9. The summed E-state index contributed by atoms with van der Waals surface area (Å²) in [5, 5.41) is 2.96. The summed E-state index contributed by atoms with van der Waals surface area (Å²) < 4.78 is 32.0. The van der Waals surface area contributed by atoms with Crippen molar-refractivity contribution in [2.24, 2.45) is 0 Å². The van der Waals surface area contributed by atoms with Gasteiger partial charge in [0.05, 0.1) is 17.4 Å². The normalized spacial score (nSPS) is 11.0. The number of anilines is 2. The molecule has 0 unspecified atom stereocenters. The molecule has 136 valence electrons. The van der Waals surface area contributed by atoms with Crippen molar-refractivity contribution in [3.8, 4) is 0 Å². The lowest BCUT2D eigenvalue weighted by Gasteiger charge is -2.08. The number of hydrogen-bond donors (Lipinski definition) is 2. The van der Waals surface area contributed by atoms with Crippen LogP contribution in [0.25, 0.3) is 11.1 Å². The average molecular weight is 368 g/mol. The van der Waals surface area contributed by atoms with Crippen LogP contribution in [0.4, 0.5) is 20.4 Å². The molecule has 0 aliphatic rings. The minimum absolute atomic E-state index is 0.225. The fourth-order valence-electron chi connectivity index (χ4n) is 2.70. The maximum absolute atomic E-state index is 14.0. The van der Waals surface area contributed by atoms with Crippen molar-refractivity contribution in [3.63, 3.8) is 0 Å². The largest absolute Gasteiger partial charge is 0.417 e. The molecule has 0 saturated carbocycles. The average Bonchev–Trinajstić information content (AvgIpc) is 3.03. The highest BCUT2D eigenvalue weighted by Crippen LogP contribution is 2.20. The van der Waals surface area contributed by atoms with E-state index in [1.54, 1.807) is 30.3 Å². The number of fused-ring (bicyclic) bond motifs is 1. The molecule has 8 heteroatoms. The third-order valence-electron chi connectivity index (χ3n) is 4.06. The Morgan fingerprint density at radius 3 is 2.70 bits per heavy atom. The molecule has 0 saturated heterocycles. The van der Waals surface area contributed by atoms with Gasteiger partial charge >= 0.3 is 5.76 Å². The van der Waals surface area contributed by atoms with Gasteiger partial charge in [-0.1, -0.05) is 12.1 Å². The SMILES string of the molecule is O=c1[nH]c2ccc(Nc3ncc(F)c(CCc4ccc(F)cc4)n3)cc2o1. The highest BCUT2D eigenvalue weighted by atomic mass is 19.1. The van der Waals surface area contributed by atoms with Crippen LogP contribution >= 0.6 is 0 Å². The van der Waals surface area contributed by atoms with Crippen LogP contribution < -0.4 is 11.1 Å². The number of nitrogens with one attached hydrogen (secondary N) is 2. The van der Waals surface area contributed by atoms with E-state index in [1.165, 1.54) is 12.1 Å². The lowest BCUT2D eigenvalue weighted by Crippen LogP contribution is -2.04. The van der Waals surface area contributed by atoms with Gasteiger partial charge in [0, 0.05) is 11.8 Å². The first-order valence-corrected chi connectivity index (χ1v) is 8.22. The number of aromatic amines is 1. The van der Waals surface area contributed by atoms with E-state index in [0.717, 1.165) is 11.8 Å². The van der Waals surface area contributed by atoms with Crippen molar-refractivity contribution in [3.05, 3.63) is 82.1 Å². The van der Waals surface area contributed by atoms with Crippen molar-refractivity contribution < 1.29 is 13.2 Å². The Balaban J connectivity index is 1.51. The molecule has 2 heterocycles. The summed E-state index contributed by atoms with van der Waals surface area (Å²) in [6.45, 7) is 0. The van der Waals surface area contributed by atoms with Gasteiger partial charge in [-0.3, -0.25) is 4.98 Å². The Morgan fingerprint density at radius 2 is 1.89 bits per heavy atom. The molecular formula is C19H14F2N4O2. The summed E-state index contributed by atoms with van der Waals surface area (Å²) >= 11 is 0. The van der Waals surface area contributed by atoms with E-state index < -0.39 is 11.6 Å². The highest BCUT2D eigenvalue weighted by Gasteiger charge is 2.09. The van der Waals surface area contributed by atoms with Crippen LogP contribution in [0.15, 0.2) is 57.9 Å². The molecule has 0 aliphatic heterocycles. The van der Waals surface area contributed by atoms with Crippen LogP contribution in [0.3, 0.4) is 0 Å². The van der Waals surface area contributed by atoms with Gasteiger partial charge in [0.1, 0.15) is 5.82 Å². The molecule has 0 aliphatic carbocycles. The van der Waals surface area contributed by atoms with Crippen LogP contribution in [0.5, 0.6) is 0 Å². The summed E-state index contributed by atoms with van der Waals surface area (Å²) in [6, 6.07) is 11.1. The Morgan fingerprint density at radius 1 is 1.07 bits per heavy atom. The minimum atomic E-state index is -0.539. The van der Waals surface area contributed by atoms with Crippen LogP contribution in [0.1, 0.15) is 11.3 Å². The molecule has 0 fully saturated rings. The van der Waals surface area contributed by atoms with Crippen LogP contribution in [-0.4, -0.2) is 15.0 Å². The van der Waals surface area contributed by atoms with Crippen molar-refractivity contribution >= 4 is 22.7 Å². The number of rotatable bonds is 5. The molecule has 4 aromatic rings. The van der Waals surface area contributed by atoms with Gasteiger partial charge in [-0.05, 0) is 42.7 Å². The Labute approximate surface area is 151 Å².